The Morgan fingerprint density at radius 2 is 1.05 bits per heavy atom. The van der Waals surface area contributed by atoms with E-state index >= 15 is 0 Å². The maximum atomic E-state index is 14.0. The molecule has 1 N–H and O–H groups in total. The van der Waals surface area contributed by atoms with E-state index in [2.05, 4.69) is 15.9 Å². The standard InChI is InChI=1S/C19H10BrF17INO/c20-9-3-1-8(2-4-9)11(40)39-6-5-10(38)7-12(21,22)13(23,24)14(25,26)15(27,28)16(29,30)17(31,32)18(33,34)19(35,36)37/h1-4,7H,5-6H2,(H,39,40). The molecule has 0 unspecified atom stereocenters. The molecule has 0 atom stereocenters. The predicted molar refractivity (Wildman–Crippen MR) is 114 cm³/mol. The molecular weight excluding hydrogens is 788 g/mol. The van der Waals surface area contributed by atoms with Gasteiger partial charge in [-0.1, -0.05) is 15.9 Å². The summed E-state index contributed by atoms with van der Waals surface area (Å²) in [5.41, 5.74) is -0.0187. The number of halogens is 19. The highest BCUT2D eigenvalue weighted by Crippen LogP contribution is 2.64. The van der Waals surface area contributed by atoms with Crippen molar-refractivity contribution in [1.82, 2.24) is 5.32 Å². The minimum Gasteiger partial charge on any atom is -0.352 e. The molecule has 21 heteroatoms. The third-order valence-corrected chi connectivity index (χ3v) is 6.22. The van der Waals surface area contributed by atoms with Crippen molar-refractivity contribution < 1.29 is 79.4 Å². The average Bonchev–Trinajstić information content (AvgIpc) is 2.77. The fraction of sp³-hybridized carbons (Fsp3) is 0.526. The molecule has 0 radical (unpaired) electrons. The lowest BCUT2D eigenvalue weighted by molar-refractivity contribution is -0.459. The third-order valence-electron chi connectivity index (χ3n) is 4.84. The molecule has 1 rings (SSSR count). The first-order valence-corrected chi connectivity index (χ1v) is 11.5. The number of benzene rings is 1. The lowest BCUT2D eigenvalue weighted by atomic mass is 9.89. The van der Waals surface area contributed by atoms with Gasteiger partial charge >= 0.3 is 47.6 Å². The molecule has 0 aliphatic carbocycles. The topological polar surface area (TPSA) is 29.1 Å². The van der Waals surface area contributed by atoms with E-state index in [1.165, 1.54) is 24.3 Å². The minimum absolute atomic E-state index is 0.0187. The van der Waals surface area contributed by atoms with Gasteiger partial charge in [0.15, 0.2) is 0 Å². The van der Waals surface area contributed by atoms with E-state index in [-0.39, 0.29) is 5.56 Å². The summed E-state index contributed by atoms with van der Waals surface area (Å²) in [5.74, 6) is -57.7. The second kappa shape index (κ2) is 11.3. The van der Waals surface area contributed by atoms with Crippen LogP contribution < -0.4 is 5.32 Å². The molecule has 0 spiro atoms. The van der Waals surface area contributed by atoms with E-state index in [1.807, 2.05) is 5.32 Å². The van der Waals surface area contributed by atoms with Crippen molar-refractivity contribution in [2.75, 3.05) is 6.54 Å². The SMILES string of the molecule is O=C(NCCC(I)=CC(F)(F)C(F)(F)C(F)(F)C(F)(F)C(F)(F)C(F)(F)C(F)(F)C(F)(F)F)c1ccc(Br)cc1. The number of alkyl halides is 17. The highest BCUT2D eigenvalue weighted by Gasteiger charge is 2.95. The lowest BCUT2D eigenvalue weighted by Gasteiger charge is -2.42. The highest BCUT2D eigenvalue weighted by atomic mass is 127. The molecule has 2 nitrogen and oxygen atoms in total. The maximum absolute atomic E-state index is 14.0. The molecule has 0 aliphatic heterocycles. The van der Waals surface area contributed by atoms with Crippen LogP contribution in [-0.4, -0.2) is 60.1 Å². The molecule has 0 fully saturated rings. The van der Waals surface area contributed by atoms with Crippen LogP contribution in [0.4, 0.5) is 74.6 Å². The molecule has 0 aromatic heterocycles. The number of hydrogen-bond donors (Lipinski definition) is 1. The summed E-state index contributed by atoms with van der Waals surface area (Å²) in [6, 6.07) is 5.28. The van der Waals surface area contributed by atoms with Crippen LogP contribution in [0.5, 0.6) is 0 Å². The Balaban J connectivity index is 3.28. The molecule has 230 valence electrons. The quantitative estimate of drug-likeness (QED) is 0.176. The number of allylic oxidation sites excluding steroid dienone is 1. The summed E-state index contributed by atoms with van der Waals surface area (Å²) in [6.45, 7) is -0.700. The number of amides is 1. The summed E-state index contributed by atoms with van der Waals surface area (Å²) in [6.07, 6.45) is -9.92. The van der Waals surface area contributed by atoms with Crippen molar-refractivity contribution in [1.29, 1.82) is 0 Å². The smallest absolute Gasteiger partial charge is 0.352 e. The predicted octanol–water partition coefficient (Wildman–Crippen LogP) is 8.90. The van der Waals surface area contributed by atoms with Gasteiger partial charge in [-0.3, -0.25) is 4.79 Å². The van der Waals surface area contributed by atoms with E-state index in [0.29, 0.717) is 4.47 Å². The summed E-state index contributed by atoms with van der Waals surface area (Å²) in [4.78, 5) is 11.9. The van der Waals surface area contributed by atoms with Crippen LogP contribution in [0.25, 0.3) is 0 Å². The van der Waals surface area contributed by atoms with E-state index in [9.17, 15) is 79.4 Å². The Morgan fingerprint density at radius 1 is 0.675 bits per heavy atom. The summed E-state index contributed by atoms with van der Waals surface area (Å²) < 4.78 is 225. The molecular formula is C19H10BrF17INO. The Bertz CT molecular complexity index is 1100. The van der Waals surface area contributed by atoms with Gasteiger partial charge in [-0.25, -0.2) is 0 Å². The molecule has 40 heavy (non-hydrogen) atoms. The molecule has 0 bridgehead atoms. The van der Waals surface area contributed by atoms with Gasteiger partial charge in [0.05, 0.1) is 0 Å². The molecule has 0 saturated carbocycles. The second-order valence-corrected chi connectivity index (χ2v) is 9.97. The summed E-state index contributed by atoms with van der Waals surface area (Å²) in [7, 11) is 0. The van der Waals surface area contributed by atoms with Crippen molar-refractivity contribution in [3.63, 3.8) is 0 Å². The van der Waals surface area contributed by atoms with Gasteiger partial charge in [-0.05, 0) is 56.9 Å². The van der Waals surface area contributed by atoms with Gasteiger partial charge in [0.25, 0.3) is 5.91 Å². The zero-order chi connectivity index (χ0) is 32.0. The first kappa shape index (κ1) is 36.5. The Kier molecular flexibility index (Phi) is 10.3. The summed E-state index contributed by atoms with van der Waals surface area (Å²) >= 11 is 3.78. The van der Waals surface area contributed by atoms with Gasteiger partial charge < -0.3 is 5.32 Å². The van der Waals surface area contributed by atoms with Crippen LogP contribution in [0.2, 0.25) is 0 Å². The van der Waals surface area contributed by atoms with E-state index < -0.39 is 76.2 Å². The first-order chi connectivity index (χ1) is 17.5. The van der Waals surface area contributed by atoms with Gasteiger partial charge in [0.1, 0.15) is 0 Å². The monoisotopic (exact) mass is 797 g/mol. The first-order valence-electron chi connectivity index (χ1n) is 9.65. The number of nitrogens with one attached hydrogen (secondary N) is 1. The van der Waals surface area contributed by atoms with Crippen molar-refractivity contribution >= 4 is 44.4 Å². The number of hydrogen-bond acceptors (Lipinski definition) is 1. The van der Waals surface area contributed by atoms with Gasteiger partial charge in [-0.2, -0.15) is 74.6 Å². The fourth-order valence-corrected chi connectivity index (χ4v) is 3.46. The van der Waals surface area contributed by atoms with Gasteiger partial charge in [-0.15, -0.1) is 0 Å². The third kappa shape index (κ3) is 6.13. The summed E-state index contributed by atoms with van der Waals surface area (Å²) in [5, 5.41) is 2.05. The number of carbonyl (C=O) groups excluding carboxylic acids is 1. The minimum atomic E-state index is -8.67. The van der Waals surface area contributed by atoms with Crippen LogP contribution in [0.15, 0.2) is 38.4 Å². The van der Waals surface area contributed by atoms with Crippen molar-refractivity contribution in [2.45, 2.75) is 54.1 Å². The lowest BCUT2D eigenvalue weighted by Crippen LogP contribution is -2.74. The molecule has 0 heterocycles. The highest BCUT2D eigenvalue weighted by molar-refractivity contribution is 14.1. The Labute approximate surface area is 233 Å². The van der Waals surface area contributed by atoms with Crippen LogP contribution in [0.3, 0.4) is 0 Å². The molecule has 0 aliphatic rings. The van der Waals surface area contributed by atoms with E-state index in [1.54, 1.807) is 0 Å². The second-order valence-electron chi connectivity index (χ2n) is 7.67. The van der Waals surface area contributed by atoms with Crippen molar-refractivity contribution in [3.8, 4) is 0 Å². The van der Waals surface area contributed by atoms with Crippen molar-refractivity contribution in [3.05, 3.63) is 44.0 Å². The Hall–Kier alpha value is -1.55. The zero-order valence-electron chi connectivity index (χ0n) is 18.4. The van der Waals surface area contributed by atoms with Crippen LogP contribution in [-0.2, 0) is 0 Å². The molecule has 0 saturated heterocycles. The molecule has 1 aromatic carbocycles. The zero-order valence-corrected chi connectivity index (χ0v) is 22.1. The van der Waals surface area contributed by atoms with E-state index in [4.69, 9.17) is 0 Å². The average molecular weight is 798 g/mol. The maximum Gasteiger partial charge on any atom is 0.460 e. The number of carbonyl (C=O) groups is 1. The van der Waals surface area contributed by atoms with E-state index in [0.717, 1.165) is 22.6 Å². The van der Waals surface area contributed by atoms with Gasteiger partial charge in [0.2, 0.25) is 0 Å². The fourth-order valence-electron chi connectivity index (χ4n) is 2.53. The largest absolute Gasteiger partial charge is 0.460 e. The number of rotatable bonds is 11. The molecule has 1 aromatic rings. The molecule has 1 amide bonds. The van der Waals surface area contributed by atoms with Crippen LogP contribution in [0.1, 0.15) is 16.8 Å². The van der Waals surface area contributed by atoms with Crippen LogP contribution >= 0.6 is 38.5 Å². The Morgan fingerprint density at radius 3 is 1.45 bits per heavy atom. The normalized spacial score (nSPS) is 15.3. The van der Waals surface area contributed by atoms with Gasteiger partial charge in [0, 0.05) is 22.7 Å². The van der Waals surface area contributed by atoms with Crippen molar-refractivity contribution in [2.24, 2.45) is 0 Å². The van der Waals surface area contributed by atoms with Crippen LogP contribution in [0, 0.1) is 0 Å².